The molecule has 1 heterocycles. The standard InChI is InChI=1S/C16H13IN2O5/c1-22-13-6-15-14(23-8-24-15)5-10(13)7-18-19-16(21)9-2-3-11(17)12(20)4-9/h2-7,20H,8H2,1H3,(H,19,21)/b18-7+. The van der Waals surface area contributed by atoms with Gasteiger partial charge in [-0.05, 0) is 46.9 Å². The molecular formula is C16H13IN2O5. The van der Waals surface area contributed by atoms with Crippen molar-refractivity contribution in [1.29, 1.82) is 0 Å². The van der Waals surface area contributed by atoms with E-state index in [1.165, 1.54) is 19.4 Å². The van der Waals surface area contributed by atoms with Crippen molar-refractivity contribution in [2.24, 2.45) is 5.10 Å². The van der Waals surface area contributed by atoms with Gasteiger partial charge in [0.2, 0.25) is 6.79 Å². The maximum Gasteiger partial charge on any atom is 0.271 e. The van der Waals surface area contributed by atoms with Crippen LogP contribution in [0, 0.1) is 3.57 Å². The second-order valence-corrected chi connectivity index (χ2v) is 5.97. The number of carbonyl (C=O) groups is 1. The SMILES string of the molecule is COc1cc2c(cc1/C=N/NC(=O)c1ccc(I)c(O)c1)OCO2. The number of phenolic OH excluding ortho intramolecular Hbond substituents is 1. The van der Waals surface area contributed by atoms with Gasteiger partial charge in [0.05, 0.1) is 16.9 Å². The van der Waals surface area contributed by atoms with Crippen molar-refractivity contribution in [3.8, 4) is 23.0 Å². The zero-order valence-corrected chi connectivity index (χ0v) is 14.7. The van der Waals surface area contributed by atoms with Crippen LogP contribution in [0.3, 0.4) is 0 Å². The molecule has 2 aromatic rings. The predicted molar refractivity (Wildman–Crippen MR) is 95.0 cm³/mol. The third kappa shape index (κ3) is 3.37. The fraction of sp³-hybridized carbons (Fsp3) is 0.125. The molecule has 1 aliphatic rings. The number of carbonyl (C=O) groups excluding carboxylic acids is 1. The van der Waals surface area contributed by atoms with Crippen molar-refractivity contribution >= 4 is 34.7 Å². The fourth-order valence-electron chi connectivity index (χ4n) is 2.10. The number of hydrogen-bond acceptors (Lipinski definition) is 6. The molecule has 0 atom stereocenters. The summed E-state index contributed by atoms with van der Waals surface area (Å²) in [4.78, 5) is 12.0. The number of amides is 1. The summed E-state index contributed by atoms with van der Waals surface area (Å²) in [5, 5.41) is 13.6. The van der Waals surface area contributed by atoms with Gasteiger partial charge in [0.25, 0.3) is 5.91 Å². The van der Waals surface area contributed by atoms with Crippen LogP contribution in [0.15, 0.2) is 35.4 Å². The van der Waals surface area contributed by atoms with Gasteiger partial charge in [-0.1, -0.05) is 0 Å². The number of methoxy groups -OCH3 is 1. The van der Waals surface area contributed by atoms with Crippen molar-refractivity contribution in [2.45, 2.75) is 0 Å². The van der Waals surface area contributed by atoms with E-state index in [0.717, 1.165) is 0 Å². The predicted octanol–water partition coefficient (Wildman–Crippen LogP) is 2.50. The lowest BCUT2D eigenvalue weighted by Crippen LogP contribution is -2.17. The molecule has 0 spiro atoms. The summed E-state index contributed by atoms with van der Waals surface area (Å²) in [5.74, 6) is 1.35. The van der Waals surface area contributed by atoms with E-state index in [1.807, 2.05) is 22.6 Å². The number of phenols is 1. The Kier molecular flexibility index (Phi) is 4.74. The number of halogens is 1. The minimum Gasteiger partial charge on any atom is -0.507 e. The Labute approximate surface area is 151 Å². The largest absolute Gasteiger partial charge is 0.507 e. The van der Waals surface area contributed by atoms with Crippen LogP contribution in [0.1, 0.15) is 15.9 Å². The quantitative estimate of drug-likeness (QED) is 0.434. The molecule has 3 rings (SSSR count). The first-order valence-corrected chi connectivity index (χ1v) is 7.96. The highest BCUT2D eigenvalue weighted by Crippen LogP contribution is 2.37. The number of nitrogens with zero attached hydrogens (tertiary/aromatic N) is 1. The second-order valence-electron chi connectivity index (χ2n) is 4.81. The van der Waals surface area contributed by atoms with Crippen LogP contribution in [-0.2, 0) is 0 Å². The molecule has 1 aliphatic heterocycles. The van der Waals surface area contributed by atoms with Gasteiger partial charge in [0, 0.05) is 17.2 Å². The molecule has 24 heavy (non-hydrogen) atoms. The van der Waals surface area contributed by atoms with Crippen molar-refractivity contribution in [1.82, 2.24) is 5.43 Å². The summed E-state index contributed by atoms with van der Waals surface area (Å²) in [6.07, 6.45) is 1.45. The molecule has 0 radical (unpaired) electrons. The molecule has 0 aliphatic carbocycles. The van der Waals surface area contributed by atoms with E-state index in [0.29, 0.717) is 31.9 Å². The molecule has 7 nitrogen and oxygen atoms in total. The maximum atomic E-state index is 12.0. The molecule has 2 aromatic carbocycles. The van der Waals surface area contributed by atoms with Crippen LogP contribution in [0.4, 0.5) is 0 Å². The third-order valence-corrected chi connectivity index (χ3v) is 4.22. The fourth-order valence-corrected chi connectivity index (χ4v) is 2.43. The van der Waals surface area contributed by atoms with E-state index >= 15 is 0 Å². The van der Waals surface area contributed by atoms with Crippen LogP contribution in [0.5, 0.6) is 23.0 Å². The minimum atomic E-state index is -0.433. The second kappa shape index (κ2) is 6.95. The molecule has 124 valence electrons. The van der Waals surface area contributed by atoms with Gasteiger partial charge < -0.3 is 19.3 Å². The number of fused-ring (bicyclic) bond motifs is 1. The summed E-state index contributed by atoms with van der Waals surface area (Å²) >= 11 is 1.98. The number of hydrazone groups is 1. The summed E-state index contributed by atoms with van der Waals surface area (Å²) < 4.78 is 16.5. The van der Waals surface area contributed by atoms with Gasteiger partial charge in [0.1, 0.15) is 11.5 Å². The van der Waals surface area contributed by atoms with E-state index < -0.39 is 5.91 Å². The van der Waals surface area contributed by atoms with Gasteiger partial charge in [-0.15, -0.1) is 0 Å². The van der Waals surface area contributed by atoms with E-state index in [-0.39, 0.29) is 12.5 Å². The number of rotatable bonds is 4. The average Bonchev–Trinajstić information content (AvgIpc) is 3.03. The Morgan fingerprint density at radius 1 is 1.33 bits per heavy atom. The summed E-state index contributed by atoms with van der Waals surface area (Å²) in [5.41, 5.74) is 3.34. The zero-order chi connectivity index (χ0) is 17.1. The molecule has 0 unspecified atom stereocenters. The highest BCUT2D eigenvalue weighted by molar-refractivity contribution is 14.1. The van der Waals surface area contributed by atoms with Gasteiger partial charge in [-0.2, -0.15) is 5.10 Å². The Balaban J connectivity index is 1.74. The van der Waals surface area contributed by atoms with E-state index in [9.17, 15) is 9.90 Å². The molecule has 1 amide bonds. The number of ether oxygens (including phenoxy) is 3. The summed E-state index contributed by atoms with van der Waals surface area (Å²) in [7, 11) is 1.53. The highest BCUT2D eigenvalue weighted by atomic mass is 127. The van der Waals surface area contributed by atoms with Crippen molar-refractivity contribution in [2.75, 3.05) is 13.9 Å². The van der Waals surface area contributed by atoms with Gasteiger partial charge in [-0.3, -0.25) is 4.79 Å². The van der Waals surface area contributed by atoms with Gasteiger partial charge in [-0.25, -0.2) is 5.43 Å². The first kappa shape index (κ1) is 16.4. The van der Waals surface area contributed by atoms with Crippen LogP contribution < -0.4 is 19.6 Å². The first-order chi connectivity index (χ1) is 11.6. The summed E-state index contributed by atoms with van der Waals surface area (Å²) in [6.45, 7) is 0.159. The first-order valence-electron chi connectivity index (χ1n) is 6.88. The molecule has 0 bridgehead atoms. The van der Waals surface area contributed by atoms with E-state index in [2.05, 4.69) is 10.5 Å². The molecule has 0 aromatic heterocycles. The number of aromatic hydroxyl groups is 1. The highest BCUT2D eigenvalue weighted by Gasteiger charge is 2.17. The number of hydrogen-bond donors (Lipinski definition) is 2. The van der Waals surface area contributed by atoms with E-state index in [4.69, 9.17) is 14.2 Å². The van der Waals surface area contributed by atoms with Crippen molar-refractivity contribution < 1.29 is 24.1 Å². The molecule has 0 saturated heterocycles. The van der Waals surface area contributed by atoms with Crippen LogP contribution >= 0.6 is 22.6 Å². The zero-order valence-electron chi connectivity index (χ0n) is 12.6. The number of nitrogens with one attached hydrogen (secondary N) is 1. The minimum absolute atomic E-state index is 0.0460. The Bertz CT molecular complexity index is 822. The molecule has 2 N–H and O–H groups in total. The van der Waals surface area contributed by atoms with Gasteiger partial charge >= 0.3 is 0 Å². The van der Waals surface area contributed by atoms with Crippen LogP contribution in [0.2, 0.25) is 0 Å². The van der Waals surface area contributed by atoms with Crippen molar-refractivity contribution in [3.63, 3.8) is 0 Å². The molecule has 0 saturated carbocycles. The Morgan fingerprint density at radius 3 is 2.79 bits per heavy atom. The normalized spacial score (nSPS) is 12.4. The monoisotopic (exact) mass is 440 g/mol. The Hall–Kier alpha value is -2.49. The number of benzene rings is 2. The lowest BCUT2D eigenvalue weighted by Gasteiger charge is -2.06. The van der Waals surface area contributed by atoms with Crippen LogP contribution in [-0.4, -0.2) is 31.1 Å². The summed E-state index contributed by atoms with van der Waals surface area (Å²) in [6, 6.07) is 8.05. The van der Waals surface area contributed by atoms with Crippen molar-refractivity contribution in [3.05, 3.63) is 45.0 Å². The smallest absolute Gasteiger partial charge is 0.271 e. The molecule has 8 heteroatoms. The molecular weight excluding hydrogens is 427 g/mol. The Morgan fingerprint density at radius 2 is 2.08 bits per heavy atom. The average molecular weight is 440 g/mol. The van der Waals surface area contributed by atoms with E-state index in [1.54, 1.807) is 24.3 Å². The lowest BCUT2D eigenvalue weighted by molar-refractivity contribution is 0.0954. The molecule has 0 fully saturated rings. The lowest BCUT2D eigenvalue weighted by atomic mass is 10.2. The topological polar surface area (TPSA) is 89.4 Å². The van der Waals surface area contributed by atoms with Crippen LogP contribution in [0.25, 0.3) is 0 Å². The van der Waals surface area contributed by atoms with Gasteiger partial charge in [0.15, 0.2) is 11.5 Å². The maximum absolute atomic E-state index is 12.0. The third-order valence-electron chi connectivity index (χ3n) is 3.30.